The van der Waals surface area contributed by atoms with Crippen LogP contribution in [-0.4, -0.2) is 40.0 Å². The van der Waals surface area contributed by atoms with Crippen molar-refractivity contribution < 1.29 is 18.9 Å². The molecule has 0 spiro atoms. The Morgan fingerprint density at radius 3 is 2.21 bits per heavy atom. The molecule has 0 amide bonds. The molecular weight excluding hydrogens is 388 g/mol. The van der Waals surface area contributed by atoms with Crippen LogP contribution in [0.4, 0.5) is 0 Å². The third-order valence-electron chi connectivity index (χ3n) is 4.55. The molecule has 0 saturated heterocycles. The van der Waals surface area contributed by atoms with E-state index in [1.165, 1.54) is 5.56 Å². The van der Waals surface area contributed by atoms with Crippen molar-refractivity contribution in [1.29, 1.82) is 0 Å². The van der Waals surface area contributed by atoms with Gasteiger partial charge in [0.05, 0.1) is 33.3 Å². The van der Waals surface area contributed by atoms with Gasteiger partial charge in [0.1, 0.15) is 16.5 Å². The molecule has 1 aromatic heterocycles. The van der Waals surface area contributed by atoms with Gasteiger partial charge in [0.2, 0.25) is 0 Å². The summed E-state index contributed by atoms with van der Waals surface area (Å²) in [5.74, 6) is 2.90. The highest BCUT2D eigenvalue weighted by Crippen LogP contribution is 2.41. The summed E-state index contributed by atoms with van der Waals surface area (Å²) in [6, 6.07) is 11.9. The standard InChI is InChI=1S/C22H26N2O4S/c1-25-16-7-5-15(6-8-16)9-10-23-14-22-24-13-21(29-22)17-11-19(27-3)20(28-4)12-18(17)26-2/h5-8,11-13,23H,9-10,14H2,1-4H3. The number of nitrogens with one attached hydrogen (secondary N) is 1. The van der Waals surface area contributed by atoms with Gasteiger partial charge in [-0.25, -0.2) is 4.98 Å². The van der Waals surface area contributed by atoms with Crippen molar-refractivity contribution in [1.82, 2.24) is 10.3 Å². The molecule has 0 atom stereocenters. The SMILES string of the molecule is COc1ccc(CCNCc2ncc(-c3cc(OC)c(OC)cc3OC)s2)cc1. The molecule has 0 unspecified atom stereocenters. The lowest BCUT2D eigenvalue weighted by Gasteiger charge is -2.12. The normalized spacial score (nSPS) is 10.6. The highest BCUT2D eigenvalue weighted by Gasteiger charge is 2.15. The minimum absolute atomic E-state index is 0.637. The van der Waals surface area contributed by atoms with Crippen LogP contribution in [-0.2, 0) is 13.0 Å². The van der Waals surface area contributed by atoms with E-state index in [1.54, 1.807) is 39.8 Å². The molecule has 154 valence electrons. The summed E-state index contributed by atoms with van der Waals surface area (Å²) < 4.78 is 21.5. The third kappa shape index (κ3) is 5.19. The fourth-order valence-electron chi connectivity index (χ4n) is 2.96. The first-order chi connectivity index (χ1) is 14.2. The van der Waals surface area contributed by atoms with Crippen LogP contribution in [0.5, 0.6) is 23.0 Å². The number of benzene rings is 2. The zero-order chi connectivity index (χ0) is 20.6. The molecule has 0 fully saturated rings. The number of methoxy groups -OCH3 is 4. The van der Waals surface area contributed by atoms with Crippen molar-refractivity contribution in [3.63, 3.8) is 0 Å². The Balaban J connectivity index is 1.61. The van der Waals surface area contributed by atoms with Crippen LogP contribution in [0.1, 0.15) is 10.6 Å². The molecule has 0 aliphatic rings. The number of rotatable bonds is 10. The molecule has 0 radical (unpaired) electrons. The third-order valence-corrected chi connectivity index (χ3v) is 5.58. The molecule has 7 heteroatoms. The summed E-state index contributed by atoms with van der Waals surface area (Å²) in [6.07, 6.45) is 2.82. The molecule has 1 heterocycles. The zero-order valence-corrected chi connectivity index (χ0v) is 18.0. The van der Waals surface area contributed by atoms with Crippen LogP contribution >= 0.6 is 11.3 Å². The summed E-state index contributed by atoms with van der Waals surface area (Å²) in [5.41, 5.74) is 2.21. The van der Waals surface area contributed by atoms with Crippen LogP contribution in [0.2, 0.25) is 0 Å². The van der Waals surface area contributed by atoms with Crippen molar-refractivity contribution >= 4 is 11.3 Å². The minimum atomic E-state index is 0.637. The predicted molar refractivity (Wildman–Crippen MR) is 116 cm³/mol. The first-order valence-electron chi connectivity index (χ1n) is 9.27. The van der Waals surface area contributed by atoms with Crippen molar-refractivity contribution in [2.75, 3.05) is 35.0 Å². The summed E-state index contributed by atoms with van der Waals surface area (Å²) in [7, 11) is 6.56. The summed E-state index contributed by atoms with van der Waals surface area (Å²) in [6.45, 7) is 1.59. The molecule has 0 saturated carbocycles. The Bertz CT molecular complexity index is 925. The van der Waals surface area contributed by atoms with Gasteiger partial charge >= 0.3 is 0 Å². The van der Waals surface area contributed by atoms with Gasteiger partial charge < -0.3 is 24.3 Å². The minimum Gasteiger partial charge on any atom is -0.497 e. The number of thiazole rings is 1. The lowest BCUT2D eigenvalue weighted by molar-refractivity contribution is 0.349. The lowest BCUT2D eigenvalue weighted by atomic mass is 10.1. The van der Waals surface area contributed by atoms with E-state index >= 15 is 0 Å². The number of aromatic nitrogens is 1. The predicted octanol–water partition coefficient (Wildman–Crippen LogP) is 4.18. The van der Waals surface area contributed by atoms with Crippen LogP contribution in [0.25, 0.3) is 10.4 Å². The van der Waals surface area contributed by atoms with Crippen molar-refractivity contribution in [3.05, 3.63) is 53.2 Å². The Kier molecular flexibility index (Phi) is 7.32. The molecule has 0 aliphatic carbocycles. The first kappa shape index (κ1) is 21.0. The molecule has 1 N–H and O–H groups in total. The van der Waals surface area contributed by atoms with Gasteiger partial charge in [-0.15, -0.1) is 11.3 Å². The Morgan fingerprint density at radius 1 is 0.862 bits per heavy atom. The topological polar surface area (TPSA) is 61.8 Å². The first-order valence-corrected chi connectivity index (χ1v) is 10.1. The summed E-state index contributed by atoms with van der Waals surface area (Å²) in [5, 5.41) is 4.47. The van der Waals surface area contributed by atoms with Crippen LogP contribution in [0.15, 0.2) is 42.6 Å². The second-order valence-electron chi connectivity index (χ2n) is 6.30. The van der Waals surface area contributed by atoms with Gasteiger partial charge in [-0.2, -0.15) is 0 Å². The van der Waals surface area contributed by atoms with E-state index in [0.29, 0.717) is 11.5 Å². The fraction of sp³-hybridized carbons (Fsp3) is 0.318. The number of hydrogen-bond donors (Lipinski definition) is 1. The molecule has 2 aromatic carbocycles. The maximum atomic E-state index is 5.53. The second-order valence-corrected chi connectivity index (χ2v) is 7.42. The Labute approximate surface area is 175 Å². The quantitative estimate of drug-likeness (QED) is 0.502. The largest absolute Gasteiger partial charge is 0.497 e. The molecule has 0 aliphatic heterocycles. The van der Waals surface area contributed by atoms with Gasteiger partial charge in [-0.05, 0) is 36.7 Å². The number of ether oxygens (including phenoxy) is 4. The van der Waals surface area contributed by atoms with Crippen molar-refractivity contribution in [3.8, 4) is 33.4 Å². The van der Waals surface area contributed by atoms with Gasteiger partial charge in [0.15, 0.2) is 11.5 Å². The average molecular weight is 415 g/mol. The molecular formula is C22H26N2O4S. The van der Waals surface area contributed by atoms with E-state index in [0.717, 1.165) is 46.5 Å². The number of hydrogen-bond acceptors (Lipinski definition) is 7. The highest BCUT2D eigenvalue weighted by molar-refractivity contribution is 7.15. The average Bonchev–Trinajstić information content (AvgIpc) is 3.24. The van der Waals surface area contributed by atoms with Gasteiger partial charge in [0, 0.05) is 24.4 Å². The number of nitrogens with zero attached hydrogens (tertiary/aromatic N) is 1. The van der Waals surface area contributed by atoms with Crippen LogP contribution in [0.3, 0.4) is 0 Å². The van der Waals surface area contributed by atoms with E-state index in [1.807, 2.05) is 30.5 Å². The van der Waals surface area contributed by atoms with E-state index in [9.17, 15) is 0 Å². The van der Waals surface area contributed by atoms with Crippen molar-refractivity contribution in [2.24, 2.45) is 0 Å². The molecule has 3 aromatic rings. The molecule has 29 heavy (non-hydrogen) atoms. The van der Waals surface area contributed by atoms with Gasteiger partial charge in [-0.3, -0.25) is 0 Å². The fourth-order valence-corrected chi connectivity index (χ4v) is 3.87. The van der Waals surface area contributed by atoms with E-state index in [-0.39, 0.29) is 0 Å². The summed E-state index contributed by atoms with van der Waals surface area (Å²) >= 11 is 1.63. The van der Waals surface area contributed by atoms with Crippen LogP contribution in [0, 0.1) is 0 Å². The zero-order valence-electron chi connectivity index (χ0n) is 17.2. The Hall–Kier alpha value is -2.77. The maximum absolute atomic E-state index is 5.53. The summed E-state index contributed by atoms with van der Waals surface area (Å²) in [4.78, 5) is 5.57. The lowest BCUT2D eigenvalue weighted by Crippen LogP contribution is -2.16. The maximum Gasteiger partial charge on any atom is 0.164 e. The Morgan fingerprint density at radius 2 is 1.55 bits per heavy atom. The molecule has 3 rings (SSSR count). The van der Waals surface area contributed by atoms with E-state index in [4.69, 9.17) is 18.9 Å². The second kappa shape index (κ2) is 10.1. The van der Waals surface area contributed by atoms with Crippen LogP contribution < -0.4 is 24.3 Å². The van der Waals surface area contributed by atoms with Crippen molar-refractivity contribution in [2.45, 2.75) is 13.0 Å². The monoisotopic (exact) mass is 414 g/mol. The van der Waals surface area contributed by atoms with Gasteiger partial charge in [0.25, 0.3) is 0 Å². The van der Waals surface area contributed by atoms with E-state index in [2.05, 4.69) is 22.4 Å². The highest BCUT2D eigenvalue weighted by atomic mass is 32.1. The van der Waals surface area contributed by atoms with Gasteiger partial charge in [-0.1, -0.05) is 12.1 Å². The molecule has 0 bridgehead atoms. The van der Waals surface area contributed by atoms with E-state index < -0.39 is 0 Å². The smallest absolute Gasteiger partial charge is 0.164 e. The molecule has 6 nitrogen and oxygen atoms in total.